The normalized spacial score (nSPS) is 13.0. The van der Waals surface area contributed by atoms with E-state index in [9.17, 15) is 0 Å². The smallest absolute Gasteiger partial charge is 0.135 e. The van der Waals surface area contributed by atoms with Crippen LogP contribution in [0.2, 0.25) is 0 Å². The Morgan fingerprint density at radius 3 is 2.07 bits per heavy atom. The molecule has 7 aromatic rings. The van der Waals surface area contributed by atoms with Gasteiger partial charge in [0.1, 0.15) is 5.82 Å². The number of nitrogens with zero attached hydrogens (tertiary/aromatic N) is 4. The first-order valence-corrected chi connectivity index (χ1v) is 20.8. The van der Waals surface area contributed by atoms with Crippen molar-refractivity contribution in [2.75, 3.05) is 9.80 Å². The van der Waals surface area contributed by atoms with E-state index in [2.05, 4.69) is 180 Å². The number of unbranched alkanes of at least 4 members (excludes halogenated alkanes) is 2. The zero-order valence-corrected chi connectivity index (χ0v) is 37.5. The van der Waals surface area contributed by atoms with Gasteiger partial charge in [0.2, 0.25) is 0 Å². The summed E-state index contributed by atoms with van der Waals surface area (Å²) in [6.45, 7) is 20.2. The van der Waals surface area contributed by atoms with Crippen LogP contribution in [0, 0.1) is 18.8 Å². The Hall–Kier alpha value is -4.86. The van der Waals surface area contributed by atoms with Crippen LogP contribution in [0.15, 0.2) is 109 Å². The maximum atomic E-state index is 6.67. The number of fused-ring (bicyclic) bond motifs is 4. The zero-order valence-electron chi connectivity index (χ0n) is 35.2. The molecule has 0 fully saturated rings. The molecule has 0 atom stereocenters. The third kappa shape index (κ3) is 8.08. The quantitative estimate of drug-likeness (QED) is 0.121. The van der Waals surface area contributed by atoms with E-state index in [0.29, 0.717) is 11.5 Å². The summed E-state index contributed by atoms with van der Waals surface area (Å²) in [4.78, 5) is 9.40. The molecule has 5 nitrogen and oxygen atoms in total. The number of benzene rings is 5. The monoisotopic (exact) mass is 946 g/mol. The maximum Gasteiger partial charge on any atom is 0.135 e. The molecule has 8 rings (SSSR count). The van der Waals surface area contributed by atoms with Crippen LogP contribution in [0.1, 0.15) is 103 Å². The third-order valence-corrected chi connectivity index (χ3v) is 11.3. The van der Waals surface area contributed by atoms with Crippen LogP contribution < -0.4 is 14.5 Å². The van der Waals surface area contributed by atoms with Crippen molar-refractivity contribution in [1.82, 2.24) is 9.55 Å². The minimum absolute atomic E-state index is 0. The molecule has 0 N–H and O–H groups in total. The minimum atomic E-state index is -0.0178. The van der Waals surface area contributed by atoms with Gasteiger partial charge in [-0.05, 0) is 107 Å². The molecule has 0 saturated heterocycles. The van der Waals surface area contributed by atoms with Gasteiger partial charge in [0, 0.05) is 61.3 Å². The molecule has 5 aromatic carbocycles. The van der Waals surface area contributed by atoms with Crippen molar-refractivity contribution >= 4 is 44.6 Å². The average molecular weight is 947 g/mol. The largest absolute Gasteiger partial charge is 0.509 e. The number of pyridine rings is 1. The molecule has 302 valence electrons. The summed E-state index contributed by atoms with van der Waals surface area (Å²) in [5.74, 6) is 2.16. The van der Waals surface area contributed by atoms with E-state index in [1.165, 1.54) is 45.9 Å². The van der Waals surface area contributed by atoms with Crippen molar-refractivity contribution in [1.29, 1.82) is 0 Å². The summed E-state index contributed by atoms with van der Waals surface area (Å²) >= 11 is 0. The minimum Gasteiger partial charge on any atom is -0.509 e. The Morgan fingerprint density at radius 1 is 0.672 bits per heavy atom. The van der Waals surface area contributed by atoms with Crippen LogP contribution >= 0.6 is 0 Å². The van der Waals surface area contributed by atoms with Gasteiger partial charge in [-0.2, -0.15) is 12.1 Å². The fourth-order valence-corrected chi connectivity index (χ4v) is 8.06. The molecule has 0 saturated carbocycles. The van der Waals surface area contributed by atoms with E-state index < -0.39 is 0 Å². The molecule has 0 bridgehead atoms. The van der Waals surface area contributed by atoms with E-state index in [4.69, 9.17) is 9.72 Å². The van der Waals surface area contributed by atoms with Gasteiger partial charge in [-0.3, -0.25) is 0 Å². The maximum absolute atomic E-state index is 6.67. The van der Waals surface area contributed by atoms with Crippen LogP contribution in [-0.2, 0) is 44.7 Å². The second-order valence-electron chi connectivity index (χ2n) is 17.5. The fourth-order valence-electron chi connectivity index (χ4n) is 8.06. The standard InChI is InChI=1S/C52H55N4O.Pt/c1-9-11-16-36-22-29-47-50(43(36)19-12-10-2)44-28-27-42(34-48(44)56(47)49-32-38(30-31-53-49)52(6,7)8)57-41-18-15-17-40(33-41)55-35-54(45-20-13-14-21-46(45)55)39-25-23-37(24-26-39)51(3,4)5;/h13-15,17-18,20-32,35H,9-12,16,19H2,1-8H3;/q-3;. The molecule has 0 radical (unpaired) electrons. The second kappa shape index (κ2) is 16.8. The second-order valence-corrected chi connectivity index (χ2v) is 17.5. The van der Waals surface area contributed by atoms with Crippen LogP contribution in [0.5, 0.6) is 11.5 Å². The Balaban J connectivity index is 0.00000512. The summed E-state index contributed by atoms with van der Waals surface area (Å²) in [6.07, 6.45) is 8.75. The number of para-hydroxylation sites is 2. The molecule has 1 aliphatic heterocycles. The predicted molar refractivity (Wildman–Crippen MR) is 239 cm³/mol. The molecule has 1 aliphatic rings. The Kier molecular flexibility index (Phi) is 12.0. The van der Waals surface area contributed by atoms with Gasteiger partial charge in [-0.25, -0.2) is 4.98 Å². The van der Waals surface area contributed by atoms with Crippen molar-refractivity contribution in [3.05, 3.63) is 150 Å². The van der Waals surface area contributed by atoms with Gasteiger partial charge in [0.05, 0.1) is 0 Å². The van der Waals surface area contributed by atoms with Gasteiger partial charge in [-0.15, -0.1) is 48.1 Å². The molecule has 58 heavy (non-hydrogen) atoms. The topological polar surface area (TPSA) is 33.5 Å². The molecule has 0 unspecified atom stereocenters. The number of aryl methyl sites for hydroxylation is 2. The molecule has 6 heteroatoms. The van der Waals surface area contributed by atoms with Gasteiger partial charge < -0.3 is 19.1 Å². The van der Waals surface area contributed by atoms with Gasteiger partial charge in [0.25, 0.3) is 0 Å². The Morgan fingerprint density at radius 2 is 1.36 bits per heavy atom. The van der Waals surface area contributed by atoms with Crippen molar-refractivity contribution in [3.63, 3.8) is 0 Å². The van der Waals surface area contributed by atoms with E-state index in [0.717, 1.165) is 65.3 Å². The SMILES string of the molecule is CCCCc1ccc2c(c1CCCC)c1ccc(Oc3[c-]c(N4[CH-]N(c5ccc(C(C)(C)C)cc5)c5ccccc54)ccc3)[c-]c1n2-c1cc(C(C)(C)C)ccn1.[Pt]. The van der Waals surface area contributed by atoms with Gasteiger partial charge in [0.15, 0.2) is 0 Å². The number of aromatic nitrogens is 2. The first-order valence-electron chi connectivity index (χ1n) is 20.8. The molecule has 0 spiro atoms. The molecule has 0 aliphatic carbocycles. The zero-order chi connectivity index (χ0) is 39.9. The van der Waals surface area contributed by atoms with Gasteiger partial charge in [-0.1, -0.05) is 104 Å². The van der Waals surface area contributed by atoms with Crippen molar-refractivity contribution in [2.24, 2.45) is 0 Å². The summed E-state index contributed by atoms with van der Waals surface area (Å²) in [5.41, 5.74) is 11.9. The first kappa shape index (κ1) is 41.3. The van der Waals surface area contributed by atoms with Gasteiger partial charge >= 0.3 is 0 Å². The molecule has 0 amide bonds. The number of rotatable bonds is 11. The van der Waals surface area contributed by atoms with E-state index in [1.807, 2.05) is 18.3 Å². The van der Waals surface area contributed by atoms with Crippen LogP contribution in [0.4, 0.5) is 22.7 Å². The summed E-state index contributed by atoms with van der Waals surface area (Å²) in [6, 6.07) is 44.1. The van der Waals surface area contributed by atoms with Crippen LogP contribution in [0.3, 0.4) is 0 Å². The fraction of sp³-hybridized carbons (Fsp3) is 0.308. The third-order valence-electron chi connectivity index (χ3n) is 11.3. The average Bonchev–Trinajstić information content (AvgIpc) is 3.75. The first-order chi connectivity index (χ1) is 27.4. The number of anilines is 4. The van der Waals surface area contributed by atoms with E-state index in [-0.39, 0.29) is 31.9 Å². The summed E-state index contributed by atoms with van der Waals surface area (Å²) < 4.78 is 8.97. The molecular formula is C52H55N4OPt-3. The summed E-state index contributed by atoms with van der Waals surface area (Å²) in [5, 5.41) is 2.49. The number of hydrogen-bond donors (Lipinski definition) is 0. The van der Waals surface area contributed by atoms with E-state index in [1.54, 1.807) is 0 Å². The van der Waals surface area contributed by atoms with Crippen LogP contribution in [0.25, 0.3) is 27.6 Å². The number of hydrogen-bond acceptors (Lipinski definition) is 4. The van der Waals surface area contributed by atoms with E-state index >= 15 is 0 Å². The molecular weight excluding hydrogens is 892 g/mol. The molecule has 2 aromatic heterocycles. The Bertz CT molecular complexity index is 2540. The molecule has 3 heterocycles. The van der Waals surface area contributed by atoms with Crippen molar-refractivity contribution < 1.29 is 25.8 Å². The van der Waals surface area contributed by atoms with Crippen molar-refractivity contribution in [3.8, 4) is 17.3 Å². The summed E-state index contributed by atoms with van der Waals surface area (Å²) in [7, 11) is 0. The van der Waals surface area contributed by atoms with Crippen LogP contribution in [-0.4, -0.2) is 9.55 Å². The number of ether oxygens (including phenoxy) is 1. The van der Waals surface area contributed by atoms with Crippen molar-refractivity contribution in [2.45, 2.75) is 105 Å². The Labute approximate surface area is 360 Å². The predicted octanol–water partition coefficient (Wildman–Crippen LogP) is 14.3.